The van der Waals surface area contributed by atoms with Crippen LogP contribution in [0.5, 0.6) is 0 Å². The minimum atomic E-state index is -0.888. The Morgan fingerprint density at radius 2 is 1.94 bits per heavy atom. The maximum absolute atomic E-state index is 11.6. The van der Waals surface area contributed by atoms with Crippen LogP contribution in [0.25, 0.3) is 0 Å². The Hall–Kier alpha value is -1.26. The lowest BCUT2D eigenvalue weighted by Crippen LogP contribution is -2.44. The van der Waals surface area contributed by atoms with E-state index in [1.165, 1.54) is 19.3 Å². The second-order valence-corrected chi connectivity index (χ2v) is 4.28. The highest BCUT2D eigenvalue weighted by molar-refractivity contribution is 5.75. The Kier molecular flexibility index (Phi) is 5.08. The van der Waals surface area contributed by atoms with E-state index < -0.39 is 5.97 Å². The molecule has 1 aliphatic rings. The molecule has 1 fully saturated rings. The summed E-state index contributed by atoms with van der Waals surface area (Å²) >= 11 is 0. The monoisotopic (exact) mass is 228 g/mol. The average Bonchev–Trinajstić information content (AvgIpc) is 2.28. The van der Waals surface area contributed by atoms with Gasteiger partial charge in [-0.3, -0.25) is 4.79 Å². The molecule has 0 bridgehead atoms. The van der Waals surface area contributed by atoms with Crippen LogP contribution in [0.4, 0.5) is 4.79 Å². The van der Waals surface area contributed by atoms with Crippen LogP contribution < -0.4 is 5.32 Å². The van der Waals surface area contributed by atoms with Gasteiger partial charge in [0.1, 0.15) is 0 Å². The van der Waals surface area contributed by atoms with Crippen LogP contribution in [0.15, 0.2) is 0 Å². The van der Waals surface area contributed by atoms with E-state index >= 15 is 0 Å². The third kappa shape index (κ3) is 4.08. The molecule has 0 aromatic carbocycles. The molecule has 0 aromatic rings. The van der Waals surface area contributed by atoms with E-state index in [9.17, 15) is 9.59 Å². The van der Waals surface area contributed by atoms with Gasteiger partial charge >= 0.3 is 12.0 Å². The maximum atomic E-state index is 11.6. The molecule has 0 unspecified atom stereocenters. The van der Waals surface area contributed by atoms with Crippen molar-refractivity contribution in [1.82, 2.24) is 10.2 Å². The third-order valence-corrected chi connectivity index (χ3v) is 3.06. The molecule has 0 aliphatic heterocycles. The van der Waals surface area contributed by atoms with Gasteiger partial charge < -0.3 is 15.3 Å². The molecule has 5 nitrogen and oxygen atoms in total. The molecule has 5 heteroatoms. The fourth-order valence-corrected chi connectivity index (χ4v) is 2.04. The number of urea groups is 1. The highest BCUT2D eigenvalue weighted by atomic mass is 16.4. The standard InChI is InChI=1S/C11H20N2O3/c1-13(9-5-3-2-4-6-9)11(16)12-8-7-10(14)15/h9H,2-8H2,1H3,(H,12,16)(H,14,15). The first kappa shape index (κ1) is 12.8. The summed E-state index contributed by atoms with van der Waals surface area (Å²) in [5, 5.41) is 11.1. The number of hydrogen-bond donors (Lipinski definition) is 2. The van der Waals surface area contributed by atoms with Crippen LogP contribution in [-0.2, 0) is 4.79 Å². The second kappa shape index (κ2) is 6.35. The van der Waals surface area contributed by atoms with Crippen molar-refractivity contribution in [2.75, 3.05) is 13.6 Å². The van der Waals surface area contributed by atoms with Gasteiger partial charge in [0.15, 0.2) is 0 Å². The zero-order valence-corrected chi connectivity index (χ0v) is 9.74. The number of aliphatic carboxylic acids is 1. The Balaban J connectivity index is 2.26. The minimum Gasteiger partial charge on any atom is -0.481 e. The zero-order valence-electron chi connectivity index (χ0n) is 9.74. The van der Waals surface area contributed by atoms with Crippen molar-refractivity contribution in [3.05, 3.63) is 0 Å². The summed E-state index contributed by atoms with van der Waals surface area (Å²) in [6.45, 7) is 0.200. The van der Waals surface area contributed by atoms with Crippen LogP contribution in [0.2, 0.25) is 0 Å². The van der Waals surface area contributed by atoms with Crippen LogP contribution in [0.1, 0.15) is 38.5 Å². The number of nitrogens with zero attached hydrogens (tertiary/aromatic N) is 1. The fraction of sp³-hybridized carbons (Fsp3) is 0.818. The van der Waals surface area contributed by atoms with E-state index in [1.54, 1.807) is 11.9 Å². The molecular weight excluding hydrogens is 208 g/mol. The first-order chi connectivity index (χ1) is 7.61. The summed E-state index contributed by atoms with van der Waals surface area (Å²) in [6.07, 6.45) is 5.70. The number of hydrogen-bond acceptors (Lipinski definition) is 2. The lowest BCUT2D eigenvalue weighted by atomic mass is 9.95. The summed E-state index contributed by atoms with van der Waals surface area (Å²) < 4.78 is 0. The van der Waals surface area contributed by atoms with Crippen molar-refractivity contribution < 1.29 is 14.7 Å². The number of nitrogens with one attached hydrogen (secondary N) is 1. The van der Waals surface area contributed by atoms with Crippen molar-refractivity contribution in [2.24, 2.45) is 0 Å². The molecule has 0 atom stereocenters. The van der Waals surface area contributed by atoms with Crippen LogP contribution >= 0.6 is 0 Å². The van der Waals surface area contributed by atoms with Gasteiger partial charge in [-0.15, -0.1) is 0 Å². The van der Waals surface area contributed by atoms with Gasteiger partial charge in [0.2, 0.25) is 0 Å². The molecule has 2 N–H and O–H groups in total. The number of amides is 2. The lowest BCUT2D eigenvalue weighted by molar-refractivity contribution is -0.136. The molecule has 0 spiro atoms. The Labute approximate surface area is 95.8 Å². The van der Waals surface area contributed by atoms with Gasteiger partial charge in [-0.05, 0) is 12.8 Å². The van der Waals surface area contributed by atoms with Crippen LogP contribution in [-0.4, -0.2) is 41.6 Å². The smallest absolute Gasteiger partial charge is 0.317 e. The molecule has 2 amide bonds. The highest BCUT2D eigenvalue weighted by Gasteiger charge is 2.21. The van der Waals surface area contributed by atoms with Gasteiger partial charge in [-0.25, -0.2) is 4.79 Å². The number of carbonyl (C=O) groups excluding carboxylic acids is 1. The first-order valence-corrected chi connectivity index (χ1v) is 5.83. The summed E-state index contributed by atoms with van der Waals surface area (Å²) in [6, 6.07) is 0.159. The number of carboxylic acids is 1. The van der Waals surface area contributed by atoms with E-state index in [0.29, 0.717) is 6.04 Å². The maximum Gasteiger partial charge on any atom is 0.317 e. The Morgan fingerprint density at radius 3 is 2.50 bits per heavy atom. The molecule has 1 saturated carbocycles. The number of rotatable bonds is 4. The largest absolute Gasteiger partial charge is 0.481 e. The SMILES string of the molecule is CN(C(=O)NCCC(=O)O)C1CCCCC1. The van der Waals surface area contributed by atoms with E-state index in [-0.39, 0.29) is 19.0 Å². The van der Waals surface area contributed by atoms with Crippen molar-refractivity contribution in [3.63, 3.8) is 0 Å². The topological polar surface area (TPSA) is 69.6 Å². The molecule has 0 heterocycles. The predicted molar refractivity (Wildman–Crippen MR) is 60.3 cm³/mol. The molecule has 16 heavy (non-hydrogen) atoms. The van der Waals surface area contributed by atoms with Crippen molar-refractivity contribution in [1.29, 1.82) is 0 Å². The molecule has 1 rings (SSSR count). The highest BCUT2D eigenvalue weighted by Crippen LogP contribution is 2.21. The summed E-state index contributed by atoms with van der Waals surface area (Å²) in [5.74, 6) is -0.888. The second-order valence-electron chi connectivity index (χ2n) is 4.28. The van der Waals surface area contributed by atoms with E-state index in [1.807, 2.05) is 0 Å². The van der Waals surface area contributed by atoms with Crippen LogP contribution in [0.3, 0.4) is 0 Å². The molecule has 0 saturated heterocycles. The van der Waals surface area contributed by atoms with Crippen molar-refractivity contribution >= 4 is 12.0 Å². The molecule has 92 valence electrons. The van der Waals surface area contributed by atoms with Crippen molar-refractivity contribution in [3.8, 4) is 0 Å². The number of carboxylic acid groups (broad SMARTS) is 1. The quantitative estimate of drug-likeness (QED) is 0.764. The summed E-state index contributed by atoms with van der Waals surface area (Å²) in [7, 11) is 1.78. The number of carbonyl (C=O) groups is 2. The molecule has 0 aromatic heterocycles. The minimum absolute atomic E-state index is 0.0236. The molecule has 0 radical (unpaired) electrons. The van der Waals surface area contributed by atoms with Crippen molar-refractivity contribution in [2.45, 2.75) is 44.6 Å². The summed E-state index contributed by atoms with van der Waals surface area (Å²) in [5.41, 5.74) is 0. The van der Waals surface area contributed by atoms with Gasteiger partial charge in [0, 0.05) is 19.6 Å². The van der Waals surface area contributed by atoms with Gasteiger partial charge in [0.25, 0.3) is 0 Å². The first-order valence-electron chi connectivity index (χ1n) is 5.83. The molecule has 1 aliphatic carbocycles. The summed E-state index contributed by atoms with van der Waals surface area (Å²) in [4.78, 5) is 23.6. The fourth-order valence-electron chi connectivity index (χ4n) is 2.04. The Morgan fingerprint density at radius 1 is 1.31 bits per heavy atom. The van der Waals surface area contributed by atoms with E-state index in [2.05, 4.69) is 5.32 Å². The zero-order chi connectivity index (χ0) is 12.0. The van der Waals surface area contributed by atoms with Gasteiger partial charge in [0.05, 0.1) is 6.42 Å². The van der Waals surface area contributed by atoms with Crippen LogP contribution in [0, 0.1) is 0 Å². The lowest BCUT2D eigenvalue weighted by Gasteiger charge is -2.31. The van der Waals surface area contributed by atoms with E-state index in [0.717, 1.165) is 12.8 Å². The average molecular weight is 228 g/mol. The molecular formula is C11H20N2O3. The van der Waals surface area contributed by atoms with Gasteiger partial charge in [-0.2, -0.15) is 0 Å². The predicted octanol–water partition coefficient (Wildman–Crippen LogP) is 1.44. The third-order valence-electron chi connectivity index (χ3n) is 3.06. The Bertz CT molecular complexity index is 250. The van der Waals surface area contributed by atoms with Gasteiger partial charge in [-0.1, -0.05) is 19.3 Å². The van der Waals surface area contributed by atoms with E-state index in [4.69, 9.17) is 5.11 Å². The normalized spacial score (nSPS) is 16.8.